The summed E-state index contributed by atoms with van der Waals surface area (Å²) in [6.07, 6.45) is 5.37. The number of nitrogens with zero attached hydrogens (tertiary/aromatic N) is 4. The number of hydrogen-bond acceptors (Lipinski definition) is 5. The van der Waals surface area contributed by atoms with Gasteiger partial charge in [0.1, 0.15) is 0 Å². The Bertz CT molecular complexity index is 687. The summed E-state index contributed by atoms with van der Waals surface area (Å²) >= 11 is 0. The van der Waals surface area contributed by atoms with Gasteiger partial charge in [-0.1, -0.05) is 30.3 Å². The van der Waals surface area contributed by atoms with Crippen LogP contribution in [0.4, 0.5) is 5.95 Å². The van der Waals surface area contributed by atoms with Crippen molar-refractivity contribution in [2.24, 2.45) is 0 Å². The molecule has 2 aromatic rings. The molecule has 1 aliphatic heterocycles. The Kier molecular flexibility index (Phi) is 5.60. The molecule has 6 nitrogen and oxygen atoms in total. The monoisotopic (exact) mass is 339 g/mol. The van der Waals surface area contributed by atoms with Crippen molar-refractivity contribution in [3.8, 4) is 0 Å². The fourth-order valence-corrected chi connectivity index (χ4v) is 3.08. The zero-order chi connectivity index (χ0) is 17.6. The quantitative estimate of drug-likeness (QED) is 0.894. The van der Waals surface area contributed by atoms with Gasteiger partial charge in [0.25, 0.3) is 0 Å². The summed E-state index contributed by atoms with van der Waals surface area (Å²) in [7, 11) is 3.84. The summed E-state index contributed by atoms with van der Waals surface area (Å²) in [5.74, 6) is 0.797. The standard InChI is InChI=1S/C19H25N5O/c1-23(2)19-21-12-16(13-22-19)14-24-10-6-9-20-18(25)17(24)11-15-7-4-3-5-8-15/h3-5,7-8,12-13,17H,6,9-11,14H2,1-2H3,(H,20,25). The molecule has 1 aromatic carbocycles. The van der Waals surface area contributed by atoms with Crippen molar-refractivity contribution in [3.63, 3.8) is 0 Å². The number of hydrogen-bond donors (Lipinski definition) is 1. The molecular formula is C19H25N5O. The van der Waals surface area contributed by atoms with Crippen LogP contribution in [0.25, 0.3) is 0 Å². The van der Waals surface area contributed by atoms with E-state index in [1.165, 1.54) is 5.56 Å². The highest BCUT2D eigenvalue weighted by Crippen LogP contribution is 2.16. The number of benzene rings is 1. The number of nitrogens with one attached hydrogen (secondary N) is 1. The number of rotatable bonds is 5. The predicted molar refractivity (Wildman–Crippen MR) is 98.3 cm³/mol. The second-order valence-corrected chi connectivity index (χ2v) is 6.61. The Morgan fingerprint density at radius 3 is 2.56 bits per heavy atom. The summed E-state index contributed by atoms with van der Waals surface area (Å²) in [4.78, 5) is 25.5. The van der Waals surface area contributed by atoms with Gasteiger partial charge in [-0.2, -0.15) is 0 Å². The Morgan fingerprint density at radius 2 is 1.88 bits per heavy atom. The van der Waals surface area contributed by atoms with E-state index < -0.39 is 0 Å². The van der Waals surface area contributed by atoms with Crippen LogP contribution in [-0.4, -0.2) is 54.0 Å². The van der Waals surface area contributed by atoms with Crippen molar-refractivity contribution in [1.29, 1.82) is 0 Å². The van der Waals surface area contributed by atoms with E-state index >= 15 is 0 Å². The van der Waals surface area contributed by atoms with Crippen molar-refractivity contribution in [3.05, 3.63) is 53.9 Å². The minimum Gasteiger partial charge on any atom is -0.355 e. The van der Waals surface area contributed by atoms with E-state index in [1.54, 1.807) is 0 Å². The first-order valence-corrected chi connectivity index (χ1v) is 8.67. The predicted octanol–water partition coefficient (Wildman–Crippen LogP) is 1.48. The van der Waals surface area contributed by atoms with Gasteiger partial charge in [0.15, 0.2) is 0 Å². The van der Waals surface area contributed by atoms with Crippen molar-refractivity contribution in [1.82, 2.24) is 20.2 Å². The summed E-state index contributed by atoms with van der Waals surface area (Å²) in [5, 5.41) is 3.04. The maximum atomic E-state index is 12.6. The number of anilines is 1. The fourth-order valence-electron chi connectivity index (χ4n) is 3.08. The number of carbonyl (C=O) groups excluding carboxylic acids is 1. The van der Waals surface area contributed by atoms with Crippen LogP contribution < -0.4 is 10.2 Å². The third kappa shape index (κ3) is 4.54. The van der Waals surface area contributed by atoms with Gasteiger partial charge in [-0.3, -0.25) is 9.69 Å². The topological polar surface area (TPSA) is 61.4 Å². The zero-order valence-electron chi connectivity index (χ0n) is 14.9. The van der Waals surface area contributed by atoms with Gasteiger partial charge in [0, 0.05) is 51.7 Å². The molecule has 0 aliphatic carbocycles. The van der Waals surface area contributed by atoms with Crippen LogP contribution in [-0.2, 0) is 17.8 Å². The highest BCUT2D eigenvalue weighted by molar-refractivity contribution is 5.82. The van der Waals surface area contributed by atoms with E-state index in [0.717, 1.165) is 25.1 Å². The second kappa shape index (κ2) is 8.07. The molecule has 0 bridgehead atoms. The first-order valence-electron chi connectivity index (χ1n) is 8.67. The van der Waals surface area contributed by atoms with E-state index in [4.69, 9.17) is 0 Å². The zero-order valence-corrected chi connectivity index (χ0v) is 14.9. The molecule has 0 radical (unpaired) electrons. The van der Waals surface area contributed by atoms with Gasteiger partial charge in [0.05, 0.1) is 6.04 Å². The average Bonchev–Trinajstić information content (AvgIpc) is 2.79. The maximum absolute atomic E-state index is 12.6. The molecule has 1 amide bonds. The van der Waals surface area contributed by atoms with E-state index in [9.17, 15) is 4.79 Å². The van der Waals surface area contributed by atoms with Gasteiger partial charge >= 0.3 is 0 Å². The molecule has 25 heavy (non-hydrogen) atoms. The molecular weight excluding hydrogens is 314 g/mol. The molecule has 1 aliphatic rings. The molecule has 1 atom stereocenters. The molecule has 1 aromatic heterocycles. The van der Waals surface area contributed by atoms with Crippen LogP contribution in [0, 0.1) is 0 Å². The normalized spacial score (nSPS) is 18.5. The number of amides is 1. The van der Waals surface area contributed by atoms with Crippen molar-refractivity contribution >= 4 is 11.9 Å². The molecule has 1 saturated heterocycles. The highest BCUT2D eigenvalue weighted by atomic mass is 16.2. The molecule has 1 N–H and O–H groups in total. The van der Waals surface area contributed by atoms with Gasteiger partial charge in [-0.05, 0) is 18.4 Å². The lowest BCUT2D eigenvalue weighted by Crippen LogP contribution is -2.45. The van der Waals surface area contributed by atoms with E-state index in [1.807, 2.05) is 49.6 Å². The number of carbonyl (C=O) groups is 1. The van der Waals surface area contributed by atoms with Gasteiger partial charge in [-0.25, -0.2) is 9.97 Å². The van der Waals surface area contributed by atoms with Gasteiger partial charge in [-0.15, -0.1) is 0 Å². The Balaban J connectivity index is 1.76. The summed E-state index contributed by atoms with van der Waals surface area (Å²) < 4.78 is 0. The second-order valence-electron chi connectivity index (χ2n) is 6.61. The van der Waals surface area contributed by atoms with Crippen LogP contribution in [0.2, 0.25) is 0 Å². The lowest BCUT2D eigenvalue weighted by Gasteiger charge is -2.28. The first-order chi connectivity index (χ1) is 12.1. The summed E-state index contributed by atoms with van der Waals surface area (Å²) in [6, 6.07) is 10.0. The smallest absolute Gasteiger partial charge is 0.237 e. The average molecular weight is 339 g/mol. The summed E-state index contributed by atoms with van der Waals surface area (Å²) in [5.41, 5.74) is 2.20. The van der Waals surface area contributed by atoms with Crippen LogP contribution in [0.1, 0.15) is 17.5 Å². The molecule has 132 valence electrons. The summed E-state index contributed by atoms with van der Waals surface area (Å²) in [6.45, 7) is 2.29. The number of aromatic nitrogens is 2. The minimum absolute atomic E-state index is 0.104. The van der Waals surface area contributed by atoms with Gasteiger partial charge in [0.2, 0.25) is 11.9 Å². The van der Waals surface area contributed by atoms with Crippen LogP contribution in [0.5, 0.6) is 0 Å². The van der Waals surface area contributed by atoms with Crippen molar-refractivity contribution < 1.29 is 4.79 Å². The highest BCUT2D eigenvalue weighted by Gasteiger charge is 2.28. The molecule has 1 fully saturated rings. The third-order valence-corrected chi connectivity index (χ3v) is 4.41. The van der Waals surface area contributed by atoms with Crippen molar-refractivity contribution in [2.45, 2.75) is 25.4 Å². The van der Waals surface area contributed by atoms with E-state index in [-0.39, 0.29) is 11.9 Å². The Morgan fingerprint density at radius 1 is 1.16 bits per heavy atom. The Hall–Kier alpha value is -2.47. The van der Waals surface area contributed by atoms with Crippen LogP contribution >= 0.6 is 0 Å². The molecule has 3 rings (SSSR count). The SMILES string of the molecule is CN(C)c1ncc(CN2CCCNC(=O)C2Cc2ccccc2)cn1. The van der Waals surface area contributed by atoms with E-state index in [0.29, 0.717) is 18.9 Å². The largest absolute Gasteiger partial charge is 0.355 e. The van der Waals surface area contributed by atoms with Crippen LogP contribution in [0.3, 0.4) is 0 Å². The molecule has 0 spiro atoms. The first kappa shape index (κ1) is 17.4. The molecule has 1 unspecified atom stereocenters. The van der Waals surface area contributed by atoms with Gasteiger partial charge < -0.3 is 10.2 Å². The minimum atomic E-state index is -0.168. The van der Waals surface area contributed by atoms with Crippen LogP contribution in [0.15, 0.2) is 42.7 Å². The lowest BCUT2D eigenvalue weighted by atomic mass is 10.0. The lowest BCUT2D eigenvalue weighted by molar-refractivity contribution is -0.125. The maximum Gasteiger partial charge on any atom is 0.237 e. The molecule has 6 heteroatoms. The third-order valence-electron chi connectivity index (χ3n) is 4.41. The fraction of sp³-hybridized carbons (Fsp3) is 0.421. The molecule has 0 saturated carbocycles. The van der Waals surface area contributed by atoms with Crippen molar-refractivity contribution in [2.75, 3.05) is 32.1 Å². The molecule has 2 heterocycles. The van der Waals surface area contributed by atoms with E-state index in [2.05, 4.69) is 32.3 Å². The Labute approximate surface area is 148 Å².